The van der Waals surface area contributed by atoms with Crippen molar-refractivity contribution in [3.8, 4) is 11.5 Å². The van der Waals surface area contributed by atoms with E-state index in [0.717, 1.165) is 0 Å². The fraction of sp³-hybridized carbons (Fsp3) is 0.333. The lowest BCUT2D eigenvalue weighted by atomic mass is 9.92. The molecule has 2 atom stereocenters. The zero-order valence-corrected chi connectivity index (χ0v) is 28.7. The second-order valence-corrected chi connectivity index (χ2v) is 12.7. The molecule has 1 N–H and O–H groups in total. The Balaban J connectivity index is 1.54. The maximum absolute atomic E-state index is 14.5. The van der Waals surface area contributed by atoms with Gasteiger partial charge < -0.3 is 38.3 Å². The summed E-state index contributed by atoms with van der Waals surface area (Å²) in [4.78, 5) is 53.2. The Hall–Kier alpha value is -5.07. The summed E-state index contributed by atoms with van der Waals surface area (Å²) in [6.07, 6.45) is -2.55. The van der Waals surface area contributed by atoms with Gasteiger partial charge in [0.2, 0.25) is 11.7 Å². The Bertz CT molecular complexity index is 1900. The van der Waals surface area contributed by atoms with Crippen LogP contribution < -0.4 is 19.7 Å². The van der Waals surface area contributed by atoms with E-state index in [1.54, 1.807) is 59.5 Å². The summed E-state index contributed by atoms with van der Waals surface area (Å²) in [5, 5.41) is 3.80. The number of hydrogen-bond donors (Lipinski definition) is 1. The van der Waals surface area contributed by atoms with Crippen molar-refractivity contribution >= 4 is 57.7 Å². The summed E-state index contributed by atoms with van der Waals surface area (Å²) in [6, 6.07) is 16.8. The summed E-state index contributed by atoms with van der Waals surface area (Å²) in [6.45, 7) is 5.22. The van der Waals surface area contributed by atoms with Crippen LogP contribution in [0.2, 0.25) is 5.02 Å². The molecular formula is C36H37ClN2O10. The fourth-order valence-corrected chi connectivity index (χ4v) is 5.88. The number of halogens is 1. The van der Waals surface area contributed by atoms with Crippen molar-refractivity contribution < 1.29 is 47.3 Å². The number of benzene rings is 3. The van der Waals surface area contributed by atoms with Crippen molar-refractivity contribution in [2.24, 2.45) is 5.41 Å². The third kappa shape index (κ3) is 7.82. The number of hydrogen-bond acceptors (Lipinski definition) is 10. The molecule has 2 heterocycles. The molecule has 13 heteroatoms. The molecule has 0 spiro atoms. The van der Waals surface area contributed by atoms with Gasteiger partial charge in [0, 0.05) is 51.8 Å². The molecule has 0 unspecified atom stereocenters. The second kappa shape index (κ2) is 14.6. The van der Waals surface area contributed by atoms with Crippen LogP contribution in [0.3, 0.4) is 0 Å². The van der Waals surface area contributed by atoms with Crippen molar-refractivity contribution in [1.29, 1.82) is 0 Å². The van der Waals surface area contributed by atoms with E-state index in [-0.39, 0.29) is 25.3 Å². The van der Waals surface area contributed by atoms with Crippen LogP contribution in [0.4, 0.5) is 11.4 Å². The lowest BCUT2D eigenvalue weighted by Crippen LogP contribution is -2.46. The molecule has 0 fully saturated rings. The van der Waals surface area contributed by atoms with Gasteiger partial charge in [0.15, 0.2) is 11.5 Å². The van der Waals surface area contributed by atoms with Crippen LogP contribution in [0, 0.1) is 5.41 Å². The van der Waals surface area contributed by atoms with Gasteiger partial charge in [0.05, 0.1) is 34.4 Å². The first-order valence-electron chi connectivity index (χ1n) is 15.4. The highest BCUT2D eigenvalue weighted by Crippen LogP contribution is 2.45. The van der Waals surface area contributed by atoms with Crippen molar-refractivity contribution in [3.05, 3.63) is 82.6 Å². The lowest BCUT2D eigenvalue weighted by molar-refractivity contribution is -0.144. The van der Waals surface area contributed by atoms with E-state index in [1.165, 1.54) is 34.3 Å². The van der Waals surface area contributed by atoms with Gasteiger partial charge in [0.1, 0.15) is 17.8 Å². The van der Waals surface area contributed by atoms with Crippen molar-refractivity contribution in [1.82, 2.24) is 0 Å². The average molecular weight is 693 g/mol. The van der Waals surface area contributed by atoms with Crippen LogP contribution in [0.5, 0.6) is 11.5 Å². The van der Waals surface area contributed by atoms with Crippen LogP contribution in [0.15, 0.2) is 65.1 Å². The Morgan fingerprint density at radius 1 is 0.980 bits per heavy atom. The third-order valence-corrected chi connectivity index (χ3v) is 8.17. The number of nitrogens with one attached hydrogen (secondary N) is 1. The Kier molecular flexibility index (Phi) is 10.5. The number of furan rings is 1. The Labute approximate surface area is 288 Å². The van der Waals surface area contributed by atoms with E-state index in [9.17, 15) is 19.2 Å². The molecule has 0 saturated heterocycles. The number of carbonyl (C=O) groups is 4. The highest BCUT2D eigenvalue weighted by atomic mass is 35.5. The Morgan fingerprint density at radius 2 is 1.76 bits per heavy atom. The van der Waals surface area contributed by atoms with E-state index in [4.69, 9.17) is 39.7 Å². The maximum Gasteiger partial charge on any atom is 0.373 e. The van der Waals surface area contributed by atoms with Gasteiger partial charge in [-0.15, -0.1) is 0 Å². The second-order valence-electron chi connectivity index (χ2n) is 12.3. The standard InChI is InChI=1S/C36H37ClN2O10/c1-20(40)47-19-36(2,3)18-39-26-12-10-22(37)16-25(26)32(24-8-7-9-28(44-4)33(24)45-5)49-29(34(39)42)17-31(41)38-23-11-13-27-21(14-23)15-30(48-27)35(43)46-6/h7-16,29,32H,17-19H2,1-6H3,(H,38,41)/t29-,32-/m1/s1. The number of fused-ring (bicyclic) bond motifs is 2. The molecule has 5 rings (SSSR count). The van der Waals surface area contributed by atoms with Crippen molar-refractivity contribution in [2.45, 2.75) is 39.4 Å². The number of amides is 2. The molecule has 49 heavy (non-hydrogen) atoms. The Morgan fingerprint density at radius 3 is 2.45 bits per heavy atom. The number of methoxy groups -OCH3 is 3. The predicted octanol–water partition coefficient (Wildman–Crippen LogP) is 6.33. The van der Waals surface area contributed by atoms with Crippen LogP contribution in [0.25, 0.3) is 11.0 Å². The van der Waals surface area contributed by atoms with E-state index < -0.39 is 41.4 Å². The minimum absolute atomic E-state index is 0.0221. The number of ether oxygens (including phenoxy) is 5. The fourth-order valence-electron chi connectivity index (χ4n) is 5.70. The zero-order chi connectivity index (χ0) is 35.5. The van der Waals surface area contributed by atoms with Gasteiger partial charge >= 0.3 is 11.9 Å². The monoisotopic (exact) mass is 692 g/mol. The normalized spacial score (nSPS) is 16.1. The molecule has 3 aromatic carbocycles. The number of nitrogens with zero attached hydrogens (tertiary/aromatic N) is 1. The van der Waals surface area contributed by atoms with Gasteiger partial charge in [-0.05, 0) is 48.5 Å². The highest BCUT2D eigenvalue weighted by Gasteiger charge is 2.41. The van der Waals surface area contributed by atoms with Crippen LogP contribution in [0.1, 0.15) is 55.0 Å². The number of para-hydroxylation sites is 1. The van der Waals surface area contributed by atoms with Crippen molar-refractivity contribution in [2.75, 3.05) is 44.7 Å². The summed E-state index contributed by atoms with van der Waals surface area (Å²) >= 11 is 6.53. The molecule has 0 bridgehead atoms. The smallest absolute Gasteiger partial charge is 0.373 e. The van der Waals surface area contributed by atoms with Gasteiger partial charge in [-0.1, -0.05) is 37.6 Å². The molecule has 0 saturated carbocycles. The number of anilines is 2. The maximum atomic E-state index is 14.5. The third-order valence-electron chi connectivity index (χ3n) is 7.93. The average Bonchev–Trinajstić information content (AvgIpc) is 3.47. The van der Waals surface area contributed by atoms with Gasteiger partial charge in [-0.2, -0.15) is 0 Å². The molecule has 1 aliphatic rings. The molecule has 258 valence electrons. The predicted molar refractivity (Wildman–Crippen MR) is 181 cm³/mol. The first-order valence-corrected chi connectivity index (χ1v) is 15.7. The minimum Gasteiger partial charge on any atom is -0.493 e. The number of carbonyl (C=O) groups excluding carboxylic acids is 4. The van der Waals surface area contributed by atoms with Crippen LogP contribution >= 0.6 is 11.6 Å². The molecule has 1 aromatic heterocycles. The largest absolute Gasteiger partial charge is 0.493 e. The summed E-state index contributed by atoms with van der Waals surface area (Å²) in [5.41, 5.74) is 1.77. The van der Waals surface area contributed by atoms with Crippen molar-refractivity contribution in [3.63, 3.8) is 0 Å². The summed E-state index contributed by atoms with van der Waals surface area (Å²) in [5.74, 6) is -1.20. The topological polar surface area (TPSA) is 143 Å². The minimum atomic E-state index is -1.28. The zero-order valence-electron chi connectivity index (χ0n) is 28.0. The van der Waals surface area contributed by atoms with Crippen LogP contribution in [-0.4, -0.2) is 64.3 Å². The van der Waals surface area contributed by atoms with Gasteiger partial charge in [-0.3, -0.25) is 14.4 Å². The molecule has 4 aromatic rings. The number of esters is 2. The van der Waals surface area contributed by atoms with E-state index in [2.05, 4.69) is 5.32 Å². The molecule has 1 aliphatic heterocycles. The summed E-state index contributed by atoms with van der Waals surface area (Å²) in [7, 11) is 4.27. The van der Waals surface area contributed by atoms with E-state index in [0.29, 0.717) is 50.0 Å². The SMILES string of the molecule is COC(=O)c1cc2cc(NC(=O)C[C@H]3O[C@H](c4cccc(OC)c4OC)c4cc(Cl)ccc4N(CC(C)(C)COC(C)=O)C3=O)ccc2o1. The lowest BCUT2D eigenvalue weighted by Gasteiger charge is -2.33. The van der Waals surface area contributed by atoms with Gasteiger partial charge in [0.25, 0.3) is 5.91 Å². The molecular weight excluding hydrogens is 656 g/mol. The van der Waals surface area contributed by atoms with E-state index in [1.807, 2.05) is 13.8 Å². The van der Waals surface area contributed by atoms with Gasteiger partial charge in [-0.25, -0.2) is 4.79 Å². The molecule has 0 aliphatic carbocycles. The highest BCUT2D eigenvalue weighted by molar-refractivity contribution is 6.30. The quantitative estimate of drug-likeness (QED) is 0.177. The number of rotatable bonds is 11. The molecule has 2 amide bonds. The molecule has 12 nitrogen and oxygen atoms in total. The first-order chi connectivity index (χ1) is 23.3. The van der Waals surface area contributed by atoms with E-state index >= 15 is 0 Å². The van der Waals surface area contributed by atoms with Crippen LogP contribution in [-0.2, 0) is 28.6 Å². The summed E-state index contributed by atoms with van der Waals surface area (Å²) < 4.78 is 33.5. The first kappa shape index (κ1) is 35.2. The molecule has 0 radical (unpaired) electrons.